The molecule has 1 saturated heterocycles. The third kappa shape index (κ3) is 2.59. The molecule has 5 aromatic rings. The topological polar surface area (TPSA) is 90.3 Å². The van der Waals surface area contributed by atoms with Crippen molar-refractivity contribution in [3.63, 3.8) is 0 Å². The van der Waals surface area contributed by atoms with Gasteiger partial charge >= 0.3 is 0 Å². The molecule has 1 atom stereocenters. The van der Waals surface area contributed by atoms with Crippen molar-refractivity contribution in [1.29, 1.82) is 0 Å². The number of benzene rings is 2. The van der Waals surface area contributed by atoms with Gasteiger partial charge in [-0.2, -0.15) is 0 Å². The highest BCUT2D eigenvalue weighted by Crippen LogP contribution is 2.36. The number of nitrogens with one attached hydrogen (secondary N) is 2. The maximum absolute atomic E-state index is 12.9. The number of hydrogen-bond donors (Lipinski definition) is 2. The molecule has 0 radical (unpaired) electrons. The molecule has 6 rings (SSSR count). The molecule has 140 valence electrons. The average molecular weight is 380 g/mol. The lowest BCUT2D eigenvalue weighted by atomic mass is 10.1. The zero-order valence-electron chi connectivity index (χ0n) is 15.3. The van der Waals surface area contributed by atoms with Gasteiger partial charge < -0.3 is 10.00 Å². The molecule has 29 heavy (non-hydrogen) atoms. The van der Waals surface area contributed by atoms with Crippen LogP contribution in [0.25, 0.3) is 33.2 Å². The Balaban J connectivity index is 1.36. The van der Waals surface area contributed by atoms with Gasteiger partial charge in [0.2, 0.25) is 5.82 Å². The molecule has 1 unspecified atom stereocenters. The van der Waals surface area contributed by atoms with Crippen molar-refractivity contribution >= 4 is 27.8 Å². The second-order valence-corrected chi connectivity index (χ2v) is 7.18. The Kier molecular flexibility index (Phi) is 3.31. The molecule has 0 saturated carbocycles. The SMILES string of the molecule is O=C(c1nc2cc3[nH][nH]c(-c4ccncc4)c3cc2n1)N1CC1c1ccccc1. The van der Waals surface area contributed by atoms with Gasteiger partial charge in [0.1, 0.15) is 0 Å². The van der Waals surface area contributed by atoms with Gasteiger partial charge in [0.05, 0.1) is 28.3 Å². The molecule has 1 amide bonds. The van der Waals surface area contributed by atoms with E-state index in [0.717, 1.165) is 27.7 Å². The summed E-state index contributed by atoms with van der Waals surface area (Å²) in [5.41, 5.74) is 5.45. The van der Waals surface area contributed by atoms with Crippen LogP contribution in [0.3, 0.4) is 0 Å². The summed E-state index contributed by atoms with van der Waals surface area (Å²) >= 11 is 0. The Morgan fingerprint density at radius 3 is 2.52 bits per heavy atom. The van der Waals surface area contributed by atoms with Crippen LogP contribution in [-0.4, -0.2) is 42.5 Å². The van der Waals surface area contributed by atoms with Crippen molar-refractivity contribution in [2.24, 2.45) is 0 Å². The standard InChI is InChI=1S/C22H16N6O/c29-22(28-12-19(28)13-4-2-1-3-5-13)21-24-17-10-15-16(11-18(17)25-21)26-27-20(15)14-6-8-23-9-7-14/h1-11,19,26-27H,12H2. The predicted molar refractivity (Wildman–Crippen MR) is 109 cm³/mol. The number of pyridine rings is 1. The molecule has 2 aromatic carbocycles. The zero-order chi connectivity index (χ0) is 19.4. The van der Waals surface area contributed by atoms with E-state index in [1.807, 2.05) is 54.6 Å². The van der Waals surface area contributed by atoms with E-state index in [1.165, 1.54) is 0 Å². The van der Waals surface area contributed by atoms with Crippen molar-refractivity contribution in [2.75, 3.05) is 6.54 Å². The van der Waals surface area contributed by atoms with Crippen molar-refractivity contribution in [3.8, 4) is 11.3 Å². The van der Waals surface area contributed by atoms with Crippen molar-refractivity contribution in [2.45, 2.75) is 6.04 Å². The van der Waals surface area contributed by atoms with E-state index in [2.05, 4.69) is 25.1 Å². The summed E-state index contributed by atoms with van der Waals surface area (Å²) in [6.45, 7) is 0.704. The van der Waals surface area contributed by atoms with Crippen LogP contribution in [0.4, 0.5) is 0 Å². The minimum absolute atomic E-state index is 0.118. The fourth-order valence-corrected chi connectivity index (χ4v) is 3.81. The molecule has 2 N–H and O–H groups in total. The second-order valence-electron chi connectivity index (χ2n) is 7.18. The van der Waals surface area contributed by atoms with E-state index in [1.54, 1.807) is 17.3 Å². The first-order valence-corrected chi connectivity index (χ1v) is 9.42. The van der Waals surface area contributed by atoms with Gasteiger partial charge in [-0.3, -0.25) is 14.9 Å². The molecule has 1 aliphatic heterocycles. The van der Waals surface area contributed by atoms with Crippen LogP contribution in [0.5, 0.6) is 0 Å². The maximum atomic E-state index is 12.9. The molecule has 1 aliphatic rings. The minimum atomic E-state index is -0.125. The minimum Gasteiger partial charge on any atom is -0.325 e. The van der Waals surface area contributed by atoms with E-state index in [9.17, 15) is 4.79 Å². The highest BCUT2D eigenvalue weighted by atomic mass is 16.2. The Bertz CT molecular complexity index is 1360. The quantitative estimate of drug-likeness (QED) is 0.467. The lowest BCUT2D eigenvalue weighted by Crippen LogP contribution is -2.13. The van der Waals surface area contributed by atoms with Crippen LogP contribution < -0.4 is 0 Å². The molecule has 1 fully saturated rings. The third-order valence-corrected chi connectivity index (χ3v) is 5.38. The van der Waals surface area contributed by atoms with Crippen LogP contribution in [0.2, 0.25) is 0 Å². The van der Waals surface area contributed by atoms with Crippen LogP contribution in [0.1, 0.15) is 22.2 Å². The van der Waals surface area contributed by atoms with Crippen molar-refractivity contribution < 1.29 is 4.79 Å². The number of carbonyl (C=O) groups is 1. The van der Waals surface area contributed by atoms with Crippen LogP contribution in [0, 0.1) is 0 Å². The van der Waals surface area contributed by atoms with Gasteiger partial charge in [-0.15, -0.1) is 0 Å². The summed E-state index contributed by atoms with van der Waals surface area (Å²) in [6, 6.07) is 17.9. The Morgan fingerprint density at radius 2 is 1.72 bits per heavy atom. The number of amides is 1. The number of H-pyrrole nitrogens is 2. The highest BCUT2D eigenvalue weighted by Gasteiger charge is 2.41. The van der Waals surface area contributed by atoms with Crippen molar-refractivity contribution in [3.05, 3.63) is 78.4 Å². The molecule has 0 spiro atoms. The summed E-state index contributed by atoms with van der Waals surface area (Å²) < 4.78 is 0. The first kappa shape index (κ1) is 16.0. The monoisotopic (exact) mass is 380 g/mol. The smallest absolute Gasteiger partial charge is 0.292 e. The first-order chi connectivity index (χ1) is 14.3. The molecule has 7 nitrogen and oxygen atoms in total. The van der Waals surface area contributed by atoms with E-state index >= 15 is 0 Å². The van der Waals surface area contributed by atoms with Gasteiger partial charge in [-0.25, -0.2) is 9.97 Å². The number of nitrogens with zero attached hydrogens (tertiary/aromatic N) is 4. The zero-order valence-corrected chi connectivity index (χ0v) is 15.3. The number of fused-ring (bicyclic) bond motifs is 2. The average Bonchev–Trinajstić information content (AvgIpc) is 3.30. The number of rotatable bonds is 3. The largest absolute Gasteiger partial charge is 0.325 e. The normalized spacial score (nSPS) is 15.9. The van der Waals surface area contributed by atoms with Gasteiger partial charge in [0.15, 0.2) is 0 Å². The number of aromatic nitrogens is 5. The highest BCUT2D eigenvalue weighted by molar-refractivity contribution is 6.02. The fraction of sp³-hybridized carbons (Fsp3) is 0.0909. The molecular formula is C22H16N6O. The lowest BCUT2D eigenvalue weighted by molar-refractivity contribution is 0.0864. The number of aromatic amines is 2. The predicted octanol–water partition coefficient (Wildman–Crippen LogP) is 3.70. The Morgan fingerprint density at radius 1 is 0.966 bits per heavy atom. The lowest BCUT2D eigenvalue weighted by Gasteiger charge is -2.01. The number of carbonyl (C=O) groups excluding carboxylic acids is 1. The number of hydrogen-bond acceptors (Lipinski definition) is 4. The summed E-state index contributed by atoms with van der Waals surface area (Å²) in [5, 5.41) is 7.37. The van der Waals surface area contributed by atoms with Gasteiger partial charge in [-0.05, 0) is 29.8 Å². The fourth-order valence-electron chi connectivity index (χ4n) is 3.81. The Labute approximate surface area is 165 Å². The van der Waals surface area contributed by atoms with E-state index in [-0.39, 0.29) is 17.8 Å². The summed E-state index contributed by atoms with van der Waals surface area (Å²) in [4.78, 5) is 27.7. The summed E-state index contributed by atoms with van der Waals surface area (Å²) in [5.74, 6) is 0.125. The summed E-state index contributed by atoms with van der Waals surface area (Å²) in [6.07, 6.45) is 3.51. The first-order valence-electron chi connectivity index (χ1n) is 9.42. The van der Waals surface area contributed by atoms with E-state index in [0.29, 0.717) is 17.6 Å². The van der Waals surface area contributed by atoms with Gasteiger partial charge in [0, 0.05) is 29.9 Å². The molecular weight excluding hydrogens is 364 g/mol. The second kappa shape index (κ2) is 6.00. The molecule has 7 heteroatoms. The molecule has 4 heterocycles. The van der Waals surface area contributed by atoms with E-state index in [4.69, 9.17) is 0 Å². The maximum Gasteiger partial charge on any atom is 0.292 e. The van der Waals surface area contributed by atoms with Crippen molar-refractivity contribution in [1.82, 2.24) is 30.0 Å². The summed E-state index contributed by atoms with van der Waals surface area (Å²) in [7, 11) is 0. The third-order valence-electron chi connectivity index (χ3n) is 5.38. The van der Waals surface area contributed by atoms with Gasteiger partial charge in [0.25, 0.3) is 5.91 Å². The molecule has 3 aromatic heterocycles. The van der Waals surface area contributed by atoms with E-state index < -0.39 is 0 Å². The van der Waals surface area contributed by atoms with Crippen LogP contribution >= 0.6 is 0 Å². The van der Waals surface area contributed by atoms with Gasteiger partial charge in [-0.1, -0.05) is 30.3 Å². The van der Waals surface area contributed by atoms with Crippen LogP contribution in [-0.2, 0) is 0 Å². The molecule has 0 aliphatic carbocycles. The number of imidazole rings is 1. The van der Waals surface area contributed by atoms with Crippen LogP contribution in [0.15, 0.2) is 67.0 Å². The molecule has 0 bridgehead atoms. The Hall–Kier alpha value is -4.00.